The summed E-state index contributed by atoms with van der Waals surface area (Å²) < 4.78 is 5.55. The molecule has 2 aromatic rings. The van der Waals surface area contributed by atoms with Gasteiger partial charge in [-0.05, 0) is 75.9 Å². The number of ether oxygens (including phenoxy) is 1. The Kier molecular flexibility index (Phi) is 10.8. The van der Waals surface area contributed by atoms with Crippen LogP contribution in [0.25, 0.3) is 0 Å². The van der Waals surface area contributed by atoms with Crippen molar-refractivity contribution in [3.05, 3.63) is 68.7 Å². The number of imide groups is 1. The Morgan fingerprint density at radius 3 is 1.98 bits per heavy atom. The number of carbonyl (C=O) groups is 2. The Morgan fingerprint density at radius 2 is 1.48 bits per heavy atom. The van der Waals surface area contributed by atoms with E-state index in [4.69, 9.17) is 56.7 Å². The summed E-state index contributed by atoms with van der Waals surface area (Å²) in [6.45, 7) is 14.8. The quantitative estimate of drug-likeness (QED) is 0.335. The molecule has 7 nitrogen and oxygen atoms in total. The molecule has 1 heterocycles. The Balaban J connectivity index is 0.00000134. The van der Waals surface area contributed by atoms with E-state index in [9.17, 15) is 9.59 Å². The smallest absolute Gasteiger partial charge is 0.417 e. The molecule has 2 amide bonds. The predicted molar refractivity (Wildman–Crippen MR) is 165 cm³/mol. The number of nitrogens with two attached hydrogens (primary N) is 3. The van der Waals surface area contributed by atoms with Gasteiger partial charge in [-0.1, -0.05) is 80.7 Å². The molecule has 1 saturated heterocycles. The van der Waals surface area contributed by atoms with Crippen LogP contribution < -0.4 is 17.2 Å². The molecule has 2 fully saturated rings. The summed E-state index contributed by atoms with van der Waals surface area (Å²) in [6.07, 6.45) is -0.248. The summed E-state index contributed by atoms with van der Waals surface area (Å²) in [5.74, 6) is -1.07. The number of likely N-dealkylation sites (tertiary alicyclic amines) is 1. The third-order valence-electron chi connectivity index (χ3n) is 7.70. The molecule has 222 valence electrons. The van der Waals surface area contributed by atoms with Gasteiger partial charge in [0.2, 0.25) is 0 Å². The molecule has 0 aromatic heterocycles. The van der Waals surface area contributed by atoms with E-state index in [0.29, 0.717) is 27.1 Å². The lowest BCUT2D eigenvalue weighted by Gasteiger charge is -2.59. The molecule has 1 aliphatic carbocycles. The van der Waals surface area contributed by atoms with Crippen molar-refractivity contribution in [3.8, 4) is 0 Å². The fourth-order valence-corrected chi connectivity index (χ4v) is 6.63. The van der Waals surface area contributed by atoms with Crippen molar-refractivity contribution >= 4 is 46.8 Å². The van der Waals surface area contributed by atoms with Crippen molar-refractivity contribution < 1.29 is 14.3 Å². The van der Waals surface area contributed by atoms with Gasteiger partial charge in [0.1, 0.15) is 11.1 Å². The second-order valence-electron chi connectivity index (χ2n) is 10.8. The number of rotatable bonds is 2. The summed E-state index contributed by atoms with van der Waals surface area (Å²) in [4.78, 5) is 28.1. The van der Waals surface area contributed by atoms with Crippen LogP contribution in [0, 0.1) is 0 Å². The number of carbonyl (C=O) groups excluding carboxylic acids is 2. The van der Waals surface area contributed by atoms with Crippen LogP contribution in [-0.4, -0.2) is 39.6 Å². The Labute approximate surface area is 253 Å². The molecule has 6 N–H and O–H groups in total. The van der Waals surface area contributed by atoms with E-state index >= 15 is 0 Å². The van der Waals surface area contributed by atoms with E-state index in [0.717, 1.165) is 10.5 Å². The number of amides is 2. The first-order valence-corrected chi connectivity index (χ1v) is 14.9. The topological polar surface area (TPSA) is 125 Å². The maximum atomic E-state index is 13.8. The molecule has 5 unspecified atom stereocenters. The lowest BCUT2D eigenvalue weighted by atomic mass is 9.50. The van der Waals surface area contributed by atoms with Crippen LogP contribution in [0.1, 0.15) is 85.3 Å². The predicted octanol–water partition coefficient (Wildman–Crippen LogP) is 6.99. The zero-order valence-electron chi connectivity index (χ0n) is 24.6. The molecule has 40 heavy (non-hydrogen) atoms. The normalized spacial score (nSPS) is 29.4. The molecule has 1 aliphatic heterocycles. The highest BCUT2D eigenvalue weighted by Crippen LogP contribution is 2.59. The van der Waals surface area contributed by atoms with Gasteiger partial charge in [-0.25, -0.2) is 9.69 Å². The molecule has 4 rings (SSSR count). The van der Waals surface area contributed by atoms with Gasteiger partial charge in [-0.3, -0.25) is 4.79 Å². The fraction of sp³-hybridized carbons (Fsp3) is 0.533. The van der Waals surface area contributed by atoms with E-state index < -0.39 is 46.2 Å². The largest absolute Gasteiger partial charge is 0.443 e. The van der Waals surface area contributed by atoms with Crippen molar-refractivity contribution in [1.29, 1.82) is 0 Å². The van der Waals surface area contributed by atoms with Crippen LogP contribution in [-0.2, 0) is 15.1 Å². The summed E-state index contributed by atoms with van der Waals surface area (Å²) >= 11 is 19.0. The zero-order chi connectivity index (χ0) is 30.8. The van der Waals surface area contributed by atoms with Crippen LogP contribution in [0.3, 0.4) is 0 Å². The van der Waals surface area contributed by atoms with Crippen LogP contribution in [0.2, 0.25) is 15.1 Å². The first-order chi connectivity index (χ1) is 18.6. The number of halogens is 3. The minimum absolute atomic E-state index is 0.183. The minimum atomic E-state index is -1.65. The van der Waals surface area contributed by atoms with E-state index in [1.165, 1.54) is 0 Å². The number of nitrogens with zero attached hydrogens (tertiary/aromatic N) is 1. The first-order valence-electron chi connectivity index (χ1n) is 13.7. The highest BCUT2D eigenvalue weighted by atomic mass is 35.5. The summed E-state index contributed by atoms with van der Waals surface area (Å²) in [5, 5.41) is 1.41. The minimum Gasteiger partial charge on any atom is -0.443 e. The van der Waals surface area contributed by atoms with Gasteiger partial charge in [-0.2, -0.15) is 0 Å². The lowest BCUT2D eigenvalue weighted by molar-refractivity contribution is -0.133. The molecule has 2 aromatic carbocycles. The molecule has 2 aliphatic rings. The van der Waals surface area contributed by atoms with Crippen molar-refractivity contribution in [2.45, 2.75) is 102 Å². The van der Waals surface area contributed by atoms with Crippen molar-refractivity contribution in [2.24, 2.45) is 17.2 Å². The molecule has 0 radical (unpaired) electrons. The highest BCUT2D eigenvalue weighted by molar-refractivity contribution is 6.35. The van der Waals surface area contributed by atoms with Gasteiger partial charge in [0.05, 0.1) is 17.1 Å². The molecule has 1 saturated carbocycles. The van der Waals surface area contributed by atoms with Crippen molar-refractivity contribution in [1.82, 2.24) is 4.90 Å². The second kappa shape index (κ2) is 12.6. The maximum absolute atomic E-state index is 13.8. The van der Waals surface area contributed by atoms with E-state index in [2.05, 4.69) is 0 Å². The summed E-state index contributed by atoms with van der Waals surface area (Å²) in [5.41, 5.74) is 17.4. The van der Waals surface area contributed by atoms with Crippen LogP contribution in [0.5, 0.6) is 0 Å². The average Bonchev–Trinajstić information content (AvgIpc) is 3.05. The zero-order valence-corrected chi connectivity index (χ0v) is 26.9. The third-order valence-corrected chi connectivity index (χ3v) is 8.51. The molecule has 0 spiro atoms. The van der Waals surface area contributed by atoms with Gasteiger partial charge >= 0.3 is 6.09 Å². The molecular weight excluding hydrogens is 571 g/mol. The van der Waals surface area contributed by atoms with Gasteiger partial charge < -0.3 is 21.9 Å². The van der Waals surface area contributed by atoms with E-state index in [-0.39, 0.29) is 6.42 Å². The fourth-order valence-electron chi connectivity index (χ4n) is 5.96. The standard InChI is InChI=1S/C26H31Cl3N4O3.2C2H6/c1-14-26(32)24(30,21(34)33(14)22(35)36-23(2,3)4)12-11-19(18-10-9-17(28)13-20(18)29)25(26,31)15-5-7-16(27)8-6-15;2*1-2/h5-10,13-14,19H,11-12,30-32H2,1-4H3;2*1-2H3. The lowest BCUT2D eigenvalue weighted by Crippen LogP contribution is -2.83. The first kappa shape index (κ1) is 34.3. The number of hydrogen-bond donors (Lipinski definition) is 3. The summed E-state index contributed by atoms with van der Waals surface area (Å²) in [7, 11) is 0. The molecule has 10 heteroatoms. The van der Waals surface area contributed by atoms with Gasteiger partial charge in [-0.15, -0.1) is 0 Å². The van der Waals surface area contributed by atoms with Crippen LogP contribution >= 0.6 is 34.8 Å². The maximum Gasteiger partial charge on any atom is 0.417 e. The van der Waals surface area contributed by atoms with Gasteiger partial charge in [0.15, 0.2) is 0 Å². The summed E-state index contributed by atoms with van der Waals surface area (Å²) in [6, 6.07) is 11.2. The number of benzene rings is 2. The Hall–Kier alpha value is -1.87. The number of hydrogen-bond acceptors (Lipinski definition) is 6. The Morgan fingerprint density at radius 1 is 0.950 bits per heavy atom. The van der Waals surface area contributed by atoms with E-state index in [1.807, 2.05) is 33.8 Å². The Bertz CT molecular complexity index is 1220. The second-order valence-corrected chi connectivity index (χ2v) is 12.1. The molecule has 5 atom stereocenters. The molecule has 0 bridgehead atoms. The van der Waals surface area contributed by atoms with Gasteiger partial charge in [0.25, 0.3) is 5.91 Å². The monoisotopic (exact) mass is 612 g/mol. The number of fused-ring (bicyclic) bond motifs is 1. The van der Waals surface area contributed by atoms with E-state index in [1.54, 1.807) is 64.1 Å². The SMILES string of the molecule is CC.CC.CC1N(C(=O)OC(C)(C)C)C(=O)C2(N)CCC(c3ccc(Cl)cc3Cl)C(N)(c3ccc(Cl)cc3)C12N. The average molecular weight is 614 g/mol. The van der Waals surface area contributed by atoms with Crippen molar-refractivity contribution in [2.75, 3.05) is 0 Å². The van der Waals surface area contributed by atoms with Crippen LogP contribution in [0.15, 0.2) is 42.5 Å². The van der Waals surface area contributed by atoms with Gasteiger partial charge in [0, 0.05) is 21.0 Å². The third kappa shape index (κ3) is 5.49. The highest BCUT2D eigenvalue weighted by Gasteiger charge is 2.76. The molecular formula is C30H43Cl3N4O3. The van der Waals surface area contributed by atoms with Crippen LogP contribution in [0.4, 0.5) is 4.79 Å². The van der Waals surface area contributed by atoms with Crippen molar-refractivity contribution in [3.63, 3.8) is 0 Å².